The van der Waals surface area contributed by atoms with E-state index in [1.807, 2.05) is 12.1 Å². The van der Waals surface area contributed by atoms with Gasteiger partial charge < -0.3 is 24.4 Å². The molecule has 3 aromatic rings. The average molecular weight is 449 g/mol. The number of carbonyl (C=O) groups is 1. The second-order valence-corrected chi connectivity index (χ2v) is 7.19. The van der Waals surface area contributed by atoms with Gasteiger partial charge in [-0.05, 0) is 54.8 Å². The first-order chi connectivity index (χ1) is 15.2. The quantitative estimate of drug-likeness (QED) is 0.543. The SMILES string of the molecule is COc1ccc(-c2nc(-c3ccc4c(c3)CC(CCC(=O)O)N4)no2)cc1OC(F)(F)F. The van der Waals surface area contributed by atoms with Gasteiger partial charge in [-0.15, -0.1) is 13.2 Å². The van der Waals surface area contributed by atoms with Crippen molar-refractivity contribution in [2.24, 2.45) is 0 Å². The van der Waals surface area contributed by atoms with Crippen molar-refractivity contribution < 1.29 is 37.1 Å². The predicted molar refractivity (Wildman–Crippen MR) is 106 cm³/mol. The maximum Gasteiger partial charge on any atom is 0.573 e. The van der Waals surface area contributed by atoms with Gasteiger partial charge in [-0.25, -0.2) is 0 Å². The number of rotatable bonds is 7. The smallest absolute Gasteiger partial charge is 0.493 e. The van der Waals surface area contributed by atoms with Gasteiger partial charge in [-0.3, -0.25) is 4.79 Å². The van der Waals surface area contributed by atoms with Crippen molar-refractivity contribution in [2.75, 3.05) is 12.4 Å². The second-order valence-electron chi connectivity index (χ2n) is 7.19. The van der Waals surface area contributed by atoms with E-state index in [-0.39, 0.29) is 35.5 Å². The predicted octanol–water partition coefficient (Wildman–Crippen LogP) is 4.51. The van der Waals surface area contributed by atoms with Crippen LogP contribution in [0.5, 0.6) is 11.5 Å². The number of ether oxygens (including phenoxy) is 2. The summed E-state index contributed by atoms with van der Waals surface area (Å²) < 4.78 is 52.2. The number of carboxylic acid groups (broad SMARTS) is 1. The van der Waals surface area contributed by atoms with Crippen LogP contribution in [0.3, 0.4) is 0 Å². The number of hydrogen-bond acceptors (Lipinski definition) is 7. The Morgan fingerprint density at radius 3 is 2.72 bits per heavy atom. The molecular formula is C21H18F3N3O5. The molecule has 1 atom stereocenters. The molecule has 2 heterocycles. The number of benzene rings is 2. The summed E-state index contributed by atoms with van der Waals surface area (Å²) in [6.45, 7) is 0. The van der Waals surface area contributed by atoms with E-state index in [1.54, 1.807) is 6.07 Å². The summed E-state index contributed by atoms with van der Waals surface area (Å²) in [6.07, 6.45) is -3.63. The fraction of sp³-hybridized carbons (Fsp3) is 0.286. The molecule has 4 rings (SSSR count). The first kappa shape index (κ1) is 21.5. The first-order valence-electron chi connectivity index (χ1n) is 9.61. The highest BCUT2D eigenvalue weighted by atomic mass is 19.4. The highest BCUT2D eigenvalue weighted by Gasteiger charge is 2.33. The van der Waals surface area contributed by atoms with Crippen molar-refractivity contribution in [2.45, 2.75) is 31.7 Å². The normalized spacial score (nSPS) is 15.2. The summed E-state index contributed by atoms with van der Waals surface area (Å²) >= 11 is 0. The van der Waals surface area contributed by atoms with Crippen molar-refractivity contribution in [3.63, 3.8) is 0 Å². The molecule has 1 aromatic heterocycles. The van der Waals surface area contributed by atoms with Crippen LogP contribution in [0.2, 0.25) is 0 Å². The molecule has 0 aliphatic carbocycles. The average Bonchev–Trinajstić information content (AvgIpc) is 3.37. The zero-order valence-electron chi connectivity index (χ0n) is 16.8. The first-order valence-corrected chi connectivity index (χ1v) is 9.61. The summed E-state index contributed by atoms with van der Waals surface area (Å²) in [5, 5.41) is 16.1. The Morgan fingerprint density at radius 1 is 1.22 bits per heavy atom. The summed E-state index contributed by atoms with van der Waals surface area (Å²) in [7, 11) is 1.23. The largest absolute Gasteiger partial charge is 0.573 e. The molecule has 0 fully saturated rings. The third-order valence-electron chi connectivity index (χ3n) is 4.96. The maximum atomic E-state index is 12.7. The van der Waals surface area contributed by atoms with Crippen molar-refractivity contribution in [3.8, 4) is 34.3 Å². The van der Waals surface area contributed by atoms with Gasteiger partial charge in [0.2, 0.25) is 5.82 Å². The molecule has 1 aliphatic rings. The fourth-order valence-electron chi connectivity index (χ4n) is 3.52. The number of carboxylic acids is 1. The van der Waals surface area contributed by atoms with Gasteiger partial charge in [0.1, 0.15) is 0 Å². The summed E-state index contributed by atoms with van der Waals surface area (Å²) in [5.74, 6) is -1.16. The molecular weight excluding hydrogens is 431 g/mol. The Labute approximate surface area is 180 Å². The second kappa shape index (κ2) is 8.40. The van der Waals surface area contributed by atoms with Gasteiger partial charge in [0, 0.05) is 29.3 Å². The molecule has 0 radical (unpaired) electrons. The van der Waals surface area contributed by atoms with Gasteiger partial charge in [-0.2, -0.15) is 4.98 Å². The van der Waals surface area contributed by atoms with Gasteiger partial charge in [-0.1, -0.05) is 5.16 Å². The Kier molecular flexibility index (Phi) is 5.64. The van der Waals surface area contributed by atoms with Crippen molar-refractivity contribution in [1.29, 1.82) is 0 Å². The van der Waals surface area contributed by atoms with E-state index in [0.717, 1.165) is 17.3 Å². The van der Waals surface area contributed by atoms with E-state index < -0.39 is 18.1 Å². The molecule has 8 nitrogen and oxygen atoms in total. The molecule has 0 bridgehead atoms. The number of nitrogens with one attached hydrogen (secondary N) is 1. The van der Waals surface area contributed by atoms with Gasteiger partial charge in [0.25, 0.3) is 5.89 Å². The number of aliphatic carboxylic acids is 1. The monoisotopic (exact) mass is 449 g/mol. The van der Waals surface area contributed by atoms with Crippen molar-refractivity contribution >= 4 is 11.7 Å². The summed E-state index contributed by atoms with van der Waals surface area (Å²) in [6, 6.07) is 9.46. The summed E-state index contributed by atoms with van der Waals surface area (Å²) in [4.78, 5) is 15.1. The van der Waals surface area contributed by atoms with Crippen LogP contribution >= 0.6 is 0 Å². The Bertz CT molecular complexity index is 1150. The third kappa shape index (κ3) is 4.76. The molecule has 32 heavy (non-hydrogen) atoms. The number of aromatic nitrogens is 2. The van der Waals surface area contributed by atoms with E-state index in [4.69, 9.17) is 14.4 Å². The Morgan fingerprint density at radius 2 is 2.00 bits per heavy atom. The van der Waals surface area contributed by atoms with Crippen LogP contribution in [0.1, 0.15) is 18.4 Å². The molecule has 11 heteroatoms. The molecule has 2 aromatic carbocycles. The molecule has 0 spiro atoms. The lowest BCUT2D eigenvalue weighted by Gasteiger charge is -2.12. The number of methoxy groups -OCH3 is 1. The molecule has 1 aliphatic heterocycles. The topological polar surface area (TPSA) is 107 Å². The lowest BCUT2D eigenvalue weighted by Crippen LogP contribution is -2.17. The van der Waals surface area contributed by atoms with Crippen molar-refractivity contribution in [3.05, 3.63) is 42.0 Å². The fourth-order valence-corrected chi connectivity index (χ4v) is 3.52. The minimum absolute atomic E-state index is 0.0210. The minimum Gasteiger partial charge on any atom is -0.493 e. The maximum absolute atomic E-state index is 12.7. The van der Waals surface area contributed by atoms with Crippen LogP contribution in [0.4, 0.5) is 18.9 Å². The lowest BCUT2D eigenvalue weighted by molar-refractivity contribution is -0.275. The molecule has 0 saturated carbocycles. The number of alkyl halides is 3. The zero-order valence-corrected chi connectivity index (χ0v) is 16.8. The summed E-state index contributed by atoms with van der Waals surface area (Å²) in [5.41, 5.74) is 2.81. The van der Waals surface area contributed by atoms with E-state index in [9.17, 15) is 18.0 Å². The van der Waals surface area contributed by atoms with Crippen LogP contribution in [-0.4, -0.2) is 40.7 Å². The van der Waals surface area contributed by atoms with Gasteiger partial charge in [0.05, 0.1) is 7.11 Å². The molecule has 0 amide bonds. The molecule has 2 N–H and O–H groups in total. The van der Waals surface area contributed by atoms with E-state index in [0.29, 0.717) is 18.4 Å². The Hall–Kier alpha value is -3.76. The molecule has 0 saturated heterocycles. The van der Waals surface area contributed by atoms with Crippen LogP contribution in [0, 0.1) is 0 Å². The lowest BCUT2D eigenvalue weighted by atomic mass is 10.0. The van der Waals surface area contributed by atoms with Crippen LogP contribution in [0.15, 0.2) is 40.9 Å². The van der Waals surface area contributed by atoms with Crippen LogP contribution < -0.4 is 14.8 Å². The minimum atomic E-state index is -4.88. The molecule has 1 unspecified atom stereocenters. The van der Waals surface area contributed by atoms with E-state index >= 15 is 0 Å². The zero-order chi connectivity index (χ0) is 22.9. The number of nitrogens with zero attached hydrogens (tertiary/aromatic N) is 2. The Balaban J connectivity index is 1.55. The van der Waals surface area contributed by atoms with Gasteiger partial charge >= 0.3 is 12.3 Å². The van der Waals surface area contributed by atoms with E-state index in [1.165, 1.54) is 19.2 Å². The standard InChI is InChI=1S/C21H18F3N3O5/c1-30-16-6-3-12(10-17(16)31-21(22,23)24)20-26-19(27-32-20)11-2-5-15-13(8-11)9-14(25-15)4-7-18(28)29/h2-3,5-6,8,10,14,25H,4,7,9H2,1H3,(H,28,29). The van der Waals surface area contributed by atoms with Gasteiger partial charge in [0.15, 0.2) is 11.5 Å². The number of anilines is 1. The van der Waals surface area contributed by atoms with E-state index in [2.05, 4.69) is 20.2 Å². The third-order valence-corrected chi connectivity index (χ3v) is 4.96. The molecule has 168 valence electrons. The number of hydrogen-bond donors (Lipinski definition) is 2. The highest BCUT2D eigenvalue weighted by molar-refractivity contribution is 5.69. The number of halogens is 3. The van der Waals surface area contributed by atoms with Crippen LogP contribution in [-0.2, 0) is 11.2 Å². The highest BCUT2D eigenvalue weighted by Crippen LogP contribution is 2.36. The van der Waals surface area contributed by atoms with Crippen molar-refractivity contribution in [1.82, 2.24) is 10.1 Å². The van der Waals surface area contributed by atoms with Crippen LogP contribution in [0.25, 0.3) is 22.8 Å². The number of fused-ring (bicyclic) bond motifs is 1.